The molecule has 1 aliphatic rings. The summed E-state index contributed by atoms with van der Waals surface area (Å²) in [4.78, 5) is 15.4. The third-order valence-electron chi connectivity index (χ3n) is 3.61. The number of rotatable bonds is 4. The van der Waals surface area contributed by atoms with Crippen molar-refractivity contribution in [2.45, 2.75) is 36.5 Å². The van der Waals surface area contributed by atoms with Crippen LogP contribution in [-0.4, -0.2) is 42.2 Å². The first-order valence-electron chi connectivity index (χ1n) is 6.78. The van der Waals surface area contributed by atoms with Gasteiger partial charge in [0.1, 0.15) is 0 Å². The smallest absolute Gasteiger partial charge is 0.235 e. The third kappa shape index (κ3) is 3.74. The second kappa shape index (κ2) is 6.44. The van der Waals surface area contributed by atoms with E-state index in [1.807, 2.05) is 18.9 Å². The molecule has 1 aromatic rings. The standard InChI is InChI=1S/C15H22N2OS/c1-11-4-6-14(7-5-11)19-12(2)15(18)17(3)13-8-9-16-10-13/h4-7,12-13,16H,8-10H2,1-3H3. The average molecular weight is 278 g/mol. The predicted octanol–water partition coefficient (Wildman–Crippen LogP) is 2.30. The van der Waals surface area contributed by atoms with Crippen LogP contribution in [0.3, 0.4) is 0 Å². The lowest BCUT2D eigenvalue weighted by atomic mass is 10.2. The number of likely N-dealkylation sites (N-methyl/N-ethyl adjacent to an activating group) is 1. The van der Waals surface area contributed by atoms with Crippen molar-refractivity contribution in [3.63, 3.8) is 0 Å². The molecule has 1 N–H and O–H groups in total. The zero-order chi connectivity index (χ0) is 13.8. The van der Waals surface area contributed by atoms with Crippen molar-refractivity contribution in [2.24, 2.45) is 0 Å². The minimum Gasteiger partial charge on any atom is -0.340 e. The van der Waals surface area contributed by atoms with Gasteiger partial charge < -0.3 is 10.2 Å². The molecule has 0 aliphatic carbocycles. The van der Waals surface area contributed by atoms with Crippen molar-refractivity contribution < 1.29 is 4.79 Å². The number of hydrogen-bond donors (Lipinski definition) is 1. The lowest BCUT2D eigenvalue weighted by molar-refractivity contribution is -0.130. The fourth-order valence-corrected chi connectivity index (χ4v) is 3.28. The molecule has 0 bridgehead atoms. The highest BCUT2D eigenvalue weighted by atomic mass is 32.2. The minimum atomic E-state index is -0.0340. The Morgan fingerprint density at radius 2 is 2.11 bits per heavy atom. The average Bonchev–Trinajstić information content (AvgIpc) is 2.93. The van der Waals surface area contributed by atoms with Gasteiger partial charge in [0.15, 0.2) is 0 Å². The van der Waals surface area contributed by atoms with Gasteiger partial charge in [-0.05, 0) is 38.9 Å². The van der Waals surface area contributed by atoms with Crippen LogP contribution >= 0.6 is 11.8 Å². The van der Waals surface area contributed by atoms with Crippen LogP contribution in [-0.2, 0) is 4.79 Å². The largest absolute Gasteiger partial charge is 0.340 e. The molecule has 1 amide bonds. The fraction of sp³-hybridized carbons (Fsp3) is 0.533. The number of thioether (sulfide) groups is 1. The zero-order valence-electron chi connectivity index (χ0n) is 11.8. The Balaban J connectivity index is 1.93. The highest BCUT2D eigenvalue weighted by molar-refractivity contribution is 8.00. The molecule has 0 radical (unpaired) electrons. The Hall–Kier alpha value is -1.00. The molecule has 1 saturated heterocycles. The van der Waals surface area contributed by atoms with Gasteiger partial charge in [0, 0.05) is 24.5 Å². The molecule has 0 aromatic heterocycles. The molecule has 1 heterocycles. The zero-order valence-corrected chi connectivity index (χ0v) is 12.7. The van der Waals surface area contributed by atoms with Crippen molar-refractivity contribution in [3.05, 3.63) is 29.8 Å². The molecule has 3 nitrogen and oxygen atoms in total. The molecule has 104 valence electrons. The van der Waals surface area contributed by atoms with Gasteiger partial charge in [0.2, 0.25) is 5.91 Å². The second-order valence-corrected chi connectivity index (χ2v) is 6.58. The maximum atomic E-state index is 12.4. The van der Waals surface area contributed by atoms with Crippen LogP contribution in [0, 0.1) is 6.92 Å². The van der Waals surface area contributed by atoms with Crippen molar-refractivity contribution in [1.29, 1.82) is 0 Å². The van der Waals surface area contributed by atoms with Crippen molar-refractivity contribution in [1.82, 2.24) is 10.2 Å². The summed E-state index contributed by atoms with van der Waals surface area (Å²) < 4.78 is 0. The molecule has 19 heavy (non-hydrogen) atoms. The van der Waals surface area contributed by atoms with E-state index in [-0.39, 0.29) is 11.2 Å². The van der Waals surface area contributed by atoms with E-state index in [1.165, 1.54) is 5.56 Å². The van der Waals surface area contributed by atoms with Gasteiger partial charge in [-0.2, -0.15) is 0 Å². The van der Waals surface area contributed by atoms with Gasteiger partial charge in [-0.3, -0.25) is 4.79 Å². The van der Waals surface area contributed by atoms with Crippen LogP contribution in [0.4, 0.5) is 0 Å². The molecule has 2 unspecified atom stereocenters. The van der Waals surface area contributed by atoms with Crippen LogP contribution in [0.25, 0.3) is 0 Å². The molecule has 2 rings (SSSR count). The number of aryl methyl sites for hydroxylation is 1. The van der Waals surface area contributed by atoms with E-state index in [0.29, 0.717) is 6.04 Å². The summed E-state index contributed by atoms with van der Waals surface area (Å²) in [7, 11) is 1.92. The lowest BCUT2D eigenvalue weighted by Gasteiger charge is -2.26. The van der Waals surface area contributed by atoms with Gasteiger partial charge in [-0.25, -0.2) is 0 Å². The highest BCUT2D eigenvalue weighted by Gasteiger charge is 2.26. The van der Waals surface area contributed by atoms with E-state index in [0.717, 1.165) is 24.4 Å². The molecule has 1 aliphatic heterocycles. The van der Waals surface area contributed by atoms with Gasteiger partial charge in [0.05, 0.1) is 5.25 Å². The summed E-state index contributed by atoms with van der Waals surface area (Å²) in [6, 6.07) is 8.70. The Bertz CT molecular complexity index is 426. The first-order chi connectivity index (χ1) is 9.08. The Labute approximate surface area is 119 Å². The van der Waals surface area contributed by atoms with Crippen LogP contribution in [0.15, 0.2) is 29.2 Å². The Morgan fingerprint density at radius 1 is 1.42 bits per heavy atom. The van der Waals surface area contributed by atoms with Gasteiger partial charge in [-0.1, -0.05) is 17.7 Å². The first-order valence-corrected chi connectivity index (χ1v) is 7.66. The van der Waals surface area contributed by atoms with Crippen LogP contribution < -0.4 is 5.32 Å². The van der Waals surface area contributed by atoms with Crippen LogP contribution in [0.2, 0.25) is 0 Å². The third-order valence-corrected chi connectivity index (χ3v) is 4.71. The van der Waals surface area contributed by atoms with E-state index in [1.54, 1.807) is 11.8 Å². The topological polar surface area (TPSA) is 32.3 Å². The van der Waals surface area contributed by atoms with E-state index < -0.39 is 0 Å². The molecule has 0 saturated carbocycles. The van der Waals surface area contributed by atoms with Crippen molar-refractivity contribution in [2.75, 3.05) is 20.1 Å². The fourth-order valence-electron chi connectivity index (χ4n) is 2.31. The summed E-state index contributed by atoms with van der Waals surface area (Å²) in [6.07, 6.45) is 1.06. The molecule has 1 fully saturated rings. The predicted molar refractivity (Wildman–Crippen MR) is 80.5 cm³/mol. The summed E-state index contributed by atoms with van der Waals surface area (Å²) in [5.41, 5.74) is 1.25. The number of hydrogen-bond acceptors (Lipinski definition) is 3. The maximum Gasteiger partial charge on any atom is 0.235 e. The number of nitrogens with one attached hydrogen (secondary N) is 1. The number of nitrogens with zero attached hydrogens (tertiary/aromatic N) is 1. The minimum absolute atomic E-state index is 0.0340. The molecule has 2 atom stereocenters. The summed E-state index contributed by atoms with van der Waals surface area (Å²) in [5.74, 6) is 0.222. The number of carbonyl (C=O) groups is 1. The summed E-state index contributed by atoms with van der Waals surface area (Å²) in [6.45, 7) is 6.00. The SMILES string of the molecule is Cc1ccc(SC(C)C(=O)N(C)C2CCNC2)cc1. The van der Waals surface area contributed by atoms with Crippen LogP contribution in [0.1, 0.15) is 18.9 Å². The monoisotopic (exact) mass is 278 g/mol. The molecule has 0 spiro atoms. The Kier molecular flexibility index (Phi) is 4.88. The second-order valence-electron chi connectivity index (χ2n) is 5.17. The number of amides is 1. The lowest BCUT2D eigenvalue weighted by Crippen LogP contribution is -2.42. The highest BCUT2D eigenvalue weighted by Crippen LogP contribution is 2.25. The van der Waals surface area contributed by atoms with E-state index >= 15 is 0 Å². The normalized spacial score (nSPS) is 20.3. The molecule has 4 heteroatoms. The van der Waals surface area contributed by atoms with Gasteiger partial charge in [-0.15, -0.1) is 11.8 Å². The maximum absolute atomic E-state index is 12.4. The number of benzene rings is 1. The van der Waals surface area contributed by atoms with Crippen LogP contribution in [0.5, 0.6) is 0 Å². The summed E-state index contributed by atoms with van der Waals surface area (Å²) in [5, 5.41) is 3.27. The van der Waals surface area contributed by atoms with Crippen molar-refractivity contribution >= 4 is 17.7 Å². The first kappa shape index (κ1) is 14.4. The molecular formula is C15H22N2OS. The van der Waals surface area contributed by atoms with Crippen molar-refractivity contribution in [3.8, 4) is 0 Å². The van der Waals surface area contributed by atoms with E-state index in [2.05, 4.69) is 36.5 Å². The van der Waals surface area contributed by atoms with Gasteiger partial charge >= 0.3 is 0 Å². The quantitative estimate of drug-likeness (QED) is 0.858. The van der Waals surface area contributed by atoms with Gasteiger partial charge in [0.25, 0.3) is 0 Å². The Morgan fingerprint density at radius 3 is 2.68 bits per heavy atom. The number of carbonyl (C=O) groups excluding carboxylic acids is 1. The molecular weight excluding hydrogens is 256 g/mol. The van der Waals surface area contributed by atoms with E-state index in [4.69, 9.17) is 0 Å². The van der Waals surface area contributed by atoms with E-state index in [9.17, 15) is 4.79 Å². The molecule has 1 aromatic carbocycles. The summed E-state index contributed by atoms with van der Waals surface area (Å²) >= 11 is 1.64.